The molecule has 6 nitrogen and oxygen atoms in total. The molecule has 0 unspecified atom stereocenters. The van der Waals surface area contributed by atoms with E-state index in [9.17, 15) is 14.0 Å². The van der Waals surface area contributed by atoms with Crippen LogP contribution in [-0.4, -0.2) is 21.4 Å². The number of amides is 1. The van der Waals surface area contributed by atoms with Gasteiger partial charge in [0.15, 0.2) is 0 Å². The minimum Gasteiger partial charge on any atom is -0.388 e. The van der Waals surface area contributed by atoms with Crippen LogP contribution in [0.1, 0.15) is 11.6 Å². The van der Waals surface area contributed by atoms with Crippen LogP contribution in [0.25, 0.3) is 11.5 Å². The molecule has 160 valence electrons. The summed E-state index contributed by atoms with van der Waals surface area (Å²) >= 11 is 1.70. The number of aromatic nitrogens is 2. The summed E-state index contributed by atoms with van der Waals surface area (Å²) in [7, 11) is 0. The number of benzene rings is 3. The van der Waals surface area contributed by atoms with E-state index >= 15 is 0 Å². The third kappa shape index (κ3) is 3.85. The number of hydrogen-bond acceptors (Lipinski definition) is 5. The van der Waals surface area contributed by atoms with E-state index in [2.05, 4.69) is 5.10 Å². The van der Waals surface area contributed by atoms with Crippen molar-refractivity contribution in [3.05, 3.63) is 101 Å². The number of thioether (sulfide) groups is 1. The Hall–Kier alpha value is -3.65. The van der Waals surface area contributed by atoms with Crippen LogP contribution >= 0.6 is 11.8 Å². The Kier molecular flexibility index (Phi) is 5.36. The Balaban J connectivity index is 1.48. The van der Waals surface area contributed by atoms with Gasteiger partial charge < -0.3 is 9.32 Å². The smallest absolute Gasteiger partial charge is 0.388 e. The molecular weight excluding hydrogens is 429 g/mol. The van der Waals surface area contributed by atoms with Crippen molar-refractivity contribution < 1.29 is 13.6 Å². The molecule has 0 aliphatic carbocycles. The summed E-state index contributed by atoms with van der Waals surface area (Å²) in [5.74, 6) is -0.682. The zero-order valence-corrected chi connectivity index (χ0v) is 17.7. The number of carbonyl (C=O) groups excluding carboxylic acids is 1. The van der Waals surface area contributed by atoms with Crippen LogP contribution in [0.5, 0.6) is 0 Å². The molecule has 0 saturated heterocycles. The van der Waals surface area contributed by atoms with Crippen LogP contribution < -0.4 is 10.7 Å². The van der Waals surface area contributed by atoms with E-state index in [1.807, 2.05) is 54.6 Å². The van der Waals surface area contributed by atoms with Gasteiger partial charge in [-0.1, -0.05) is 42.5 Å². The first-order valence-electron chi connectivity index (χ1n) is 10.0. The van der Waals surface area contributed by atoms with E-state index in [4.69, 9.17) is 4.42 Å². The van der Waals surface area contributed by atoms with E-state index in [0.717, 1.165) is 20.8 Å². The fraction of sp³-hybridized carbons (Fsp3) is 0.125. The Labute approximate surface area is 187 Å². The largest absolute Gasteiger partial charge is 0.437 e. The summed E-state index contributed by atoms with van der Waals surface area (Å²) in [5, 5.41) is 4.16. The van der Waals surface area contributed by atoms with Gasteiger partial charge in [0.05, 0.1) is 11.7 Å². The molecule has 0 saturated carbocycles. The Morgan fingerprint density at radius 2 is 1.75 bits per heavy atom. The molecule has 0 radical (unpaired) electrons. The highest BCUT2D eigenvalue weighted by molar-refractivity contribution is 7.99. The lowest BCUT2D eigenvalue weighted by Crippen LogP contribution is -2.41. The summed E-state index contributed by atoms with van der Waals surface area (Å²) in [5.41, 5.74) is 2.27. The minimum absolute atomic E-state index is 0.0389. The van der Waals surface area contributed by atoms with Gasteiger partial charge in [0.1, 0.15) is 12.4 Å². The maximum atomic E-state index is 13.5. The summed E-state index contributed by atoms with van der Waals surface area (Å²) in [6.07, 6.45) is 0. The SMILES string of the molecule is O=C(Cn1nc(-c2ccc(F)cc2)oc1=O)N1c2ccccc2SC[C@@H]1c1ccccc1. The molecule has 1 aliphatic heterocycles. The van der Waals surface area contributed by atoms with Crippen molar-refractivity contribution in [2.24, 2.45) is 0 Å². The number of para-hydroxylation sites is 1. The first kappa shape index (κ1) is 20.3. The van der Waals surface area contributed by atoms with Crippen molar-refractivity contribution in [3.8, 4) is 11.5 Å². The molecule has 32 heavy (non-hydrogen) atoms. The molecule has 4 aromatic rings. The average Bonchev–Trinajstić information content (AvgIpc) is 3.19. The summed E-state index contributed by atoms with van der Waals surface area (Å²) in [6.45, 7) is -0.272. The number of rotatable bonds is 4. The Bertz CT molecular complexity index is 1320. The van der Waals surface area contributed by atoms with Crippen molar-refractivity contribution in [1.82, 2.24) is 9.78 Å². The summed E-state index contributed by atoms with van der Waals surface area (Å²) in [6, 6.07) is 22.8. The average molecular weight is 447 g/mol. The highest BCUT2D eigenvalue weighted by atomic mass is 32.2. The molecular formula is C24H18FN3O3S. The van der Waals surface area contributed by atoms with Gasteiger partial charge in [0.25, 0.3) is 0 Å². The highest BCUT2D eigenvalue weighted by Crippen LogP contribution is 2.43. The van der Waals surface area contributed by atoms with Crippen molar-refractivity contribution in [2.45, 2.75) is 17.5 Å². The molecule has 1 aliphatic rings. The van der Waals surface area contributed by atoms with Gasteiger partial charge in [0, 0.05) is 16.2 Å². The van der Waals surface area contributed by atoms with Gasteiger partial charge in [0.2, 0.25) is 11.8 Å². The van der Waals surface area contributed by atoms with Gasteiger partial charge in [-0.2, -0.15) is 4.68 Å². The molecule has 1 atom stereocenters. The van der Waals surface area contributed by atoms with E-state index in [0.29, 0.717) is 11.3 Å². The number of fused-ring (bicyclic) bond motifs is 1. The standard InChI is InChI=1S/C24H18FN3O3S/c25-18-12-10-17(11-13-18)23-26-27(24(30)31-23)14-22(29)28-19-8-4-5-9-21(19)32-15-20(28)16-6-2-1-3-7-16/h1-13,20H,14-15H2/t20-/m1/s1. The van der Waals surface area contributed by atoms with Crippen molar-refractivity contribution in [3.63, 3.8) is 0 Å². The first-order chi connectivity index (χ1) is 15.6. The van der Waals surface area contributed by atoms with Crippen LogP contribution in [0.4, 0.5) is 10.1 Å². The predicted octanol–water partition coefficient (Wildman–Crippen LogP) is 4.52. The zero-order chi connectivity index (χ0) is 22.1. The van der Waals surface area contributed by atoms with Gasteiger partial charge in [-0.05, 0) is 42.0 Å². The number of hydrogen-bond donors (Lipinski definition) is 0. The Morgan fingerprint density at radius 3 is 2.53 bits per heavy atom. The predicted molar refractivity (Wildman–Crippen MR) is 120 cm³/mol. The lowest BCUT2D eigenvalue weighted by Gasteiger charge is -2.37. The second-order valence-corrected chi connectivity index (χ2v) is 8.37. The molecule has 1 amide bonds. The van der Waals surface area contributed by atoms with Crippen LogP contribution in [0.3, 0.4) is 0 Å². The topological polar surface area (TPSA) is 68.3 Å². The zero-order valence-electron chi connectivity index (χ0n) is 16.8. The lowest BCUT2D eigenvalue weighted by atomic mass is 10.1. The first-order valence-corrected chi connectivity index (χ1v) is 11.0. The number of carbonyl (C=O) groups is 1. The van der Waals surface area contributed by atoms with E-state index in [1.54, 1.807) is 16.7 Å². The molecule has 1 aromatic heterocycles. The van der Waals surface area contributed by atoms with E-state index in [1.165, 1.54) is 24.3 Å². The van der Waals surface area contributed by atoms with Crippen LogP contribution in [0.15, 0.2) is 93.0 Å². The second kappa shape index (κ2) is 8.47. The molecule has 2 heterocycles. The molecule has 8 heteroatoms. The van der Waals surface area contributed by atoms with Gasteiger partial charge in [-0.25, -0.2) is 9.18 Å². The molecule has 0 spiro atoms. The number of nitrogens with zero attached hydrogens (tertiary/aromatic N) is 3. The van der Waals surface area contributed by atoms with Gasteiger partial charge in [-0.3, -0.25) is 4.79 Å². The fourth-order valence-electron chi connectivity index (χ4n) is 3.74. The third-order valence-corrected chi connectivity index (χ3v) is 6.41. The maximum Gasteiger partial charge on any atom is 0.437 e. The molecule has 3 aromatic carbocycles. The number of halogens is 1. The van der Waals surface area contributed by atoms with Crippen molar-refractivity contribution in [2.75, 3.05) is 10.7 Å². The molecule has 0 bridgehead atoms. The highest BCUT2D eigenvalue weighted by Gasteiger charge is 2.33. The van der Waals surface area contributed by atoms with E-state index in [-0.39, 0.29) is 24.4 Å². The summed E-state index contributed by atoms with van der Waals surface area (Å²) < 4.78 is 19.4. The van der Waals surface area contributed by atoms with E-state index < -0.39 is 11.6 Å². The fourth-order valence-corrected chi connectivity index (χ4v) is 4.91. The van der Waals surface area contributed by atoms with Crippen LogP contribution in [-0.2, 0) is 11.3 Å². The lowest BCUT2D eigenvalue weighted by molar-refractivity contribution is -0.119. The normalized spacial score (nSPS) is 15.4. The molecule has 0 fully saturated rings. The second-order valence-electron chi connectivity index (χ2n) is 7.31. The minimum atomic E-state index is -0.742. The Morgan fingerprint density at radius 1 is 1.03 bits per heavy atom. The third-order valence-electron chi connectivity index (χ3n) is 5.27. The maximum absolute atomic E-state index is 13.5. The van der Waals surface area contributed by atoms with Crippen LogP contribution in [0.2, 0.25) is 0 Å². The quantitative estimate of drug-likeness (QED) is 0.460. The van der Waals surface area contributed by atoms with Gasteiger partial charge in [-0.15, -0.1) is 16.9 Å². The van der Waals surface area contributed by atoms with Crippen LogP contribution in [0, 0.1) is 5.82 Å². The van der Waals surface area contributed by atoms with Crippen molar-refractivity contribution in [1.29, 1.82) is 0 Å². The number of anilines is 1. The molecule has 5 rings (SSSR count). The summed E-state index contributed by atoms with van der Waals surface area (Å²) in [4.78, 5) is 28.6. The monoisotopic (exact) mass is 447 g/mol. The van der Waals surface area contributed by atoms with Gasteiger partial charge >= 0.3 is 5.76 Å². The van der Waals surface area contributed by atoms with Crippen molar-refractivity contribution >= 4 is 23.4 Å². The molecule has 0 N–H and O–H groups in total.